The summed E-state index contributed by atoms with van der Waals surface area (Å²) in [6.45, 7) is 6.69. The first kappa shape index (κ1) is 45.4. The van der Waals surface area contributed by atoms with Gasteiger partial charge in [-0.15, -0.1) is 0 Å². The Bertz CT molecular complexity index is 2730. The minimum atomic E-state index is -4.97. The van der Waals surface area contributed by atoms with Crippen LogP contribution in [0.4, 0.5) is 32.0 Å². The third kappa shape index (κ3) is 7.81. The molecule has 0 amide bonds. The highest BCUT2D eigenvalue weighted by Gasteiger charge is 2.48. The number of ether oxygens (including phenoxy) is 5. The number of nitrogens with zero attached hydrogens (tertiary/aromatic N) is 1. The summed E-state index contributed by atoms with van der Waals surface area (Å²) in [5, 5.41) is 1.76. The van der Waals surface area contributed by atoms with Crippen LogP contribution in [-0.2, 0) is 28.1 Å². The molecule has 13 heteroatoms. The molecule has 6 nitrogen and oxygen atoms in total. The molecule has 0 spiro atoms. The average molecular weight is 926 g/mol. The van der Waals surface area contributed by atoms with Crippen LogP contribution in [0.5, 0.6) is 23.0 Å². The molecule has 2 aliphatic heterocycles. The number of halogens is 6. The summed E-state index contributed by atoms with van der Waals surface area (Å²) in [4.78, 5) is 2.64. The number of alkyl halides is 6. The van der Waals surface area contributed by atoms with Gasteiger partial charge in [0.2, 0.25) is 0 Å². The van der Waals surface area contributed by atoms with E-state index in [9.17, 15) is 26.3 Å². The van der Waals surface area contributed by atoms with Crippen molar-refractivity contribution in [2.45, 2.75) is 72.7 Å². The summed E-state index contributed by atoms with van der Waals surface area (Å²) in [6.07, 6.45) is -2.65. The monoisotopic (exact) mass is 925 g/mol. The van der Waals surface area contributed by atoms with Crippen LogP contribution in [0.3, 0.4) is 0 Å². The van der Waals surface area contributed by atoms with E-state index in [1.165, 1.54) is 0 Å². The van der Waals surface area contributed by atoms with E-state index in [2.05, 4.69) is 43.0 Å². The van der Waals surface area contributed by atoms with Crippen LogP contribution in [0.2, 0.25) is 0 Å². The first-order chi connectivity index (χ1) is 31.7. The fourth-order valence-corrected chi connectivity index (χ4v) is 11.2. The maximum Gasteiger partial charge on any atom is 0.416 e. The molecule has 0 unspecified atom stereocenters. The van der Waals surface area contributed by atoms with E-state index in [4.69, 9.17) is 23.7 Å². The van der Waals surface area contributed by atoms with Crippen LogP contribution >= 0.6 is 11.8 Å². The van der Waals surface area contributed by atoms with Crippen molar-refractivity contribution in [3.8, 4) is 34.1 Å². The lowest BCUT2D eigenvalue weighted by Gasteiger charge is -2.40. The molecule has 3 aliphatic rings. The summed E-state index contributed by atoms with van der Waals surface area (Å²) in [5.74, 6) is 2.72. The fraction of sp³-hybridized carbons (Fsp3) is 0.321. The van der Waals surface area contributed by atoms with Gasteiger partial charge in [-0.2, -0.15) is 26.3 Å². The Balaban J connectivity index is 1.32. The second-order valence-corrected chi connectivity index (χ2v) is 18.1. The summed E-state index contributed by atoms with van der Waals surface area (Å²) >= 11 is 0.897. The molecule has 0 bridgehead atoms. The number of anilines is 1. The third-order valence-electron chi connectivity index (χ3n) is 13.1. The summed E-state index contributed by atoms with van der Waals surface area (Å²) in [5.41, 5.74) is 3.13. The molecule has 6 aromatic carbocycles. The number of hydrogen-bond donors (Lipinski definition) is 0. The second-order valence-electron chi connectivity index (χ2n) is 16.9. The SMILES string of the molecule is CCCC1(CCC)c2cc(Sc3cc(C(F)(F)F)cc(C(F)(F)F)c3)ccc2-c2c1c1c(c3cc(OC)c(N4CCOCC4)cc23)OC(c2ccc(OC)cc2)(c2ccc(OC)cc2)C=C1. The van der Waals surface area contributed by atoms with Crippen LogP contribution in [0, 0.1) is 0 Å². The molecule has 1 fully saturated rings. The van der Waals surface area contributed by atoms with E-state index in [1.807, 2.05) is 60.7 Å². The van der Waals surface area contributed by atoms with Gasteiger partial charge in [-0.25, -0.2) is 0 Å². The average Bonchev–Trinajstić information content (AvgIpc) is 3.59. The predicted octanol–water partition coefficient (Wildman–Crippen LogP) is 14.1. The maximum atomic E-state index is 14.0. The molecule has 0 radical (unpaired) electrons. The topological polar surface area (TPSA) is 49.4 Å². The largest absolute Gasteiger partial charge is 0.497 e. The zero-order valence-corrected chi connectivity index (χ0v) is 38.0. The lowest BCUT2D eigenvalue weighted by Crippen LogP contribution is -2.36. The molecule has 66 heavy (non-hydrogen) atoms. The highest BCUT2D eigenvalue weighted by atomic mass is 32.2. The Morgan fingerprint density at radius 2 is 1.26 bits per heavy atom. The maximum absolute atomic E-state index is 14.0. The Labute approximate surface area is 384 Å². The molecule has 0 N–H and O–H groups in total. The van der Waals surface area contributed by atoms with E-state index in [1.54, 1.807) is 27.4 Å². The summed E-state index contributed by atoms with van der Waals surface area (Å²) < 4.78 is 115. The van der Waals surface area contributed by atoms with Crippen LogP contribution < -0.4 is 23.8 Å². The molecule has 0 atom stereocenters. The van der Waals surface area contributed by atoms with E-state index in [-0.39, 0.29) is 11.0 Å². The third-order valence-corrected chi connectivity index (χ3v) is 14.1. The van der Waals surface area contributed by atoms with Crippen molar-refractivity contribution in [1.29, 1.82) is 0 Å². The molecule has 0 saturated carbocycles. The lowest BCUT2D eigenvalue weighted by molar-refractivity contribution is -0.143. The van der Waals surface area contributed by atoms with Gasteiger partial charge in [0.25, 0.3) is 0 Å². The van der Waals surface area contributed by atoms with Gasteiger partial charge in [0.05, 0.1) is 51.4 Å². The van der Waals surface area contributed by atoms with Crippen LogP contribution in [0.25, 0.3) is 28.0 Å². The highest BCUT2D eigenvalue weighted by Crippen LogP contribution is 2.62. The zero-order valence-electron chi connectivity index (χ0n) is 37.2. The van der Waals surface area contributed by atoms with Gasteiger partial charge in [0.1, 0.15) is 23.0 Å². The molecule has 1 saturated heterocycles. The number of benzene rings is 6. The van der Waals surface area contributed by atoms with Crippen molar-refractivity contribution in [3.05, 3.63) is 142 Å². The molecule has 6 aromatic rings. The van der Waals surface area contributed by atoms with Crippen LogP contribution in [0.15, 0.2) is 113 Å². The normalized spacial score (nSPS) is 16.1. The van der Waals surface area contributed by atoms with Crippen molar-refractivity contribution in [2.24, 2.45) is 0 Å². The fourth-order valence-electron chi connectivity index (χ4n) is 10.3. The minimum absolute atomic E-state index is 0.154. The number of hydrogen-bond acceptors (Lipinski definition) is 7. The minimum Gasteiger partial charge on any atom is -0.497 e. The number of rotatable bonds is 12. The molecular formula is C53H49F6NO5S. The van der Waals surface area contributed by atoms with Gasteiger partial charge in [0.15, 0.2) is 5.60 Å². The van der Waals surface area contributed by atoms with Crippen molar-refractivity contribution in [2.75, 3.05) is 52.5 Å². The summed E-state index contributed by atoms with van der Waals surface area (Å²) in [6, 6.07) is 27.4. The van der Waals surface area contributed by atoms with Gasteiger partial charge in [-0.05, 0) is 113 Å². The van der Waals surface area contributed by atoms with E-state index < -0.39 is 34.5 Å². The van der Waals surface area contributed by atoms with Gasteiger partial charge >= 0.3 is 12.4 Å². The van der Waals surface area contributed by atoms with E-state index >= 15 is 0 Å². The Hall–Kier alpha value is -5.79. The quantitative estimate of drug-likeness (QED) is 0.113. The summed E-state index contributed by atoms with van der Waals surface area (Å²) in [7, 11) is 4.91. The van der Waals surface area contributed by atoms with Gasteiger partial charge < -0.3 is 28.6 Å². The molecular weight excluding hydrogens is 877 g/mol. The van der Waals surface area contributed by atoms with Crippen molar-refractivity contribution in [3.63, 3.8) is 0 Å². The Morgan fingerprint density at radius 3 is 1.79 bits per heavy atom. The van der Waals surface area contributed by atoms with Crippen molar-refractivity contribution in [1.82, 2.24) is 0 Å². The number of methoxy groups -OCH3 is 3. The van der Waals surface area contributed by atoms with Crippen LogP contribution in [0.1, 0.15) is 78.5 Å². The second kappa shape index (κ2) is 17.5. The number of morpholine rings is 1. The molecule has 0 aromatic heterocycles. The zero-order chi connectivity index (χ0) is 46.6. The standard InChI is InChI=1S/C53H49F6NO5S/c1-6-19-50(20-7-2)44-29-38(66-39-27-34(52(54,55)56)26-35(28-39)53(57,58)59)16-17-40(44)47-42-30-45(60-22-24-64-25-23-60)46(63-5)31-43(42)49-41(48(47)50)18-21-51(65-49,32-8-12-36(61-3)13-9-32)33-10-14-37(62-4)15-11-33/h8-18,21,26-31H,6-7,19-20,22-25H2,1-5H3. The molecule has 9 rings (SSSR count). The van der Waals surface area contributed by atoms with Crippen LogP contribution in [-0.4, -0.2) is 47.6 Å². The molecule has 1 aliphatic carbocycles. The predicted molar refractivity (Wildman–Crippen MR) is 247 cm³/mol. The highest BCUT2D eigenvalue weighted by molar-refractivity contribution is 7.99. The molecule has 344 valence electrons. The van der Waals surface area contributed by atoms with Gasteiger partial charge in [-0.3, -0.25) is 0 Å². The lowest BCUT2D eigenvalue weighted by atomic mass is 9.69. The first-order valence-electron chi connectivity index (χ1n) is 22.0. The van der Waals surface area contributed by atoms with Gasteiger partial charge in [0, 0.05) is 50.4 Å². The van der Waals surface area contributed by atoms with E-state index in [0.29, 0.717) is 54.2 Å². The van der Waals surface area contributed by atoms with Gasteiger partial charge in [-0.1, -0.05) is 74.9 Å². The van der Waals surface area contributed by atoms with Crippen molar-refractivity contribution >= 4 is 34.3 Å². The smallest absolute Gasteiger partial charge is 0.416 e. The molecule has 2 heterocycles. The van der Waals surface area contributed by atoms with Crippen molar-refractivity contribution < 1.29 is 50.0 Å². The first-order valence-corrected chi connectivity index (χ1v) is 22.8. The number of fused-ring (bicyclic) bond motifs is 8. The Kier molecular flexibility index (Phi) is 12.0. The van der Waals surface area contributed by atoms with E-state index in [0.717, 1.165) is 105 Å². The Morgan fingerprint density at radius 1 is 0.667 bits per heavy atom.